The fraction of sp³-hybridized carbons (Fsp3) is 0.462. The molecular weight excluding hydrogens is 232 g/mol. The summed E-state index contributed by atoms with van der Waals surface area (Å²) in [5.41, 5.74) is 1.16. The number of carbonyl (C=O) groups is 1. The number of nitrogens with one attached hydrogen (secondary N) is 1. The van der Waals surface area contributed by atoms with Crippen LogP contribution in [0.15, 0.2) is 30.3 Å². The van der Waals surface area contributed by atoms with Crippen molar-refractivity contribution in [1.82, 2.24) is 10.2 Å². The van der Waals surface area contributed by atoms with Crippen LogP contribution in [0.5, 0.6) is 0 Å². The first-order valence-electron chi connectivity index (χ1n) is 5.84. The molecule has 0 radical (unpaired) electrons. The molecule has 1 aliphatic heterocycles. The Morgan fingerprint density at radius 2 is 2.06 bits per heavy atom. The van der Waals surface area contributed by atoms with Gasteiger partial charge < -0.3 is 4.90 Å². The van der Waals surface area contributed by atoms with Crippen LogP contribution < -0.4 is 5.32 Å². The lowest BCUT2D eigenvalue weighted by molar-refractivity contribution is -0.129. The summed E-state index contributed by atoms with van der Waals surface area (Å²) in [5, 5.41) is 3.35. The lowest BCUT2D eigenvalue weighted by Gasteiger charge is -2.24. The zero-order chi connectivity index (χ0) is 12.3. The molecule has 0 aliphatic carbocycles. The highest BCUT2D eigenvalue weighted by Crippen LogP contribution is 2.25. The summed E-state index contributed by atoms with van der Waals surface area (Å²) in [6.45, 7) is 2.73. The van der Waals surface area contributed by atoms with E-state index >= 15 is 0 Å². The summed E-state index contributed by atoms with van der Waals surface area (Å²) in [5.74, 6) is 1.18. The highest BCUT2D eigenvalue weighted by atomic mass is 32.2. The van der Waals surface area contributed by atoms with Crippen molar-refractivity contribution in [3.8, 4) is 0 Å². The van der Waals surface area contributed by atoms with E-state index in [4.69, 9.17) is 0 Å². The first-order chi connectivity index (χ1) is 8.24. The molecule has 92 valence electrons. The van der Waals surface area contributed by atoms with Crippen LogP contribution in [-0.2, 0) is 4.79 Å². The predicted molar refractivity (Wildman–Crippen MR) is 71.9 cm³/mol. The minimum atomic E-state index is -0.0814. The Morgan fingerprint density at radius 3 is 2.71 bits per heavy atom. The van der Waals surface area contributed by atoms with Gasteiger partial charge in [0.05, 0.1) is 6.04 Å². The summed E-state index contributed by atoms with van der Waals surface area (Å²) < 4.78 is 0. The van der Waals surface area contributed by atoms with Crippen molar-refractivity contribution >= 4 is 17.7 Å². The molecule has 1 aromatic carbocycles. The SMILES string of the molecule is CSCCN1C(=O)C(C)NC1c1ccccc1. The molecule has 1 N–H and O–H groups in total. The van der Waals surface area contributed by atoms with Gasteiger partial charge in [0, 0.05) is 12.3 Å². The van der Waals surface area contributed by atoms with Crippen LogP contribution in [0.3, 0.4) is 0 Å². The second kappa shape index (κ2) is 5.56. The van der Waals surface area contributed by atoms with Crippen molar-refractivity contribution in [3.05, 3.63) is 35.9 Å². The zero-order valence-electron chi connectivity index (χ0n) is 10.2. The van der Waals surface area contributed by atoms with Gasteiger partial charge in [-0.05, 0) is 18.7 Å². The lowest BCUT2D eigenvalue weighted by atomic mass is 10.1. The first-order valence-corrected chi connectivity index (χ1v) is 7.24. The third kappa shape index (κ3) is 2.64. The Bertz CT molecular complexity index is 382. The van der Waals surface area contributed by atoms with Crippen molar-refractivity contribution in [3.63, 3.8) is 0 Å². The maximum absolute atomic E-state index is 12.0. The van der Waals surface area contributed by atoms with E-state index in [9.17, 15) is 4.79 Å². The Labute approximate surface area is 107 Å². The van der Waals surface area contributed by atoms with Crippen LogP contribution in [0.25, 0.3) is 0 Å². The molecule has 1 saturated heterocycles. The van der Waals surface area contributed by atoms with Crippen LogP contribution >= 0.6 is 11.8 Å². The maximum Gasteiger partial charge on any atom is 0.241 e. The molecule has 0 aromatic heterocycles. The maximum atomic E-state index is 12.0. The molecule has 1 heterocycles. The average molecular weight is 250 g/mol. The smallest absolute Gasteiger partial charge is 0.241 e. The van der Waals surface area contributed by atoms with Gasteiger partial charge >= 0.3 is 0 Å². The van der Waals surface area contributed by atoms with Gasteiger partial charge in [-0.15, -0.1) is 0 Å². The minimum absolute atomic E-state index is 0.0332. The molecule has 2 atom stereocenters. The third-order valence-electron chi connectivity index (χ3n) is 3.02. The average Bonchev–Trinajstić information content (AvgIpc) is 2.65. The highest BCUT2D eigenvalue weighted by Gasteiger charge is 2.36. The van der Waals surface area contributed by atoms with Crippen molar-refractivity contribution < 1.29 is 4.79 Å². The molecule has 17 heavy (non-hydrogen) atoms. The van der Waals surface area contributed by atoms with E-state index in [-0.39, 0.29) is 18.1 Å². The number of hydrogen-bond acceptors (Lipinski definition) is 3. The number of carbonyl (C=O) groups excluding carboxylic acids is 1. The molecule has 2 rings (SSSR count). The lowest BCUT2D eigenvalue weighted by Crippen LogP contribution is -2.32. The largest absolute Gasteiger partial charge is 0.321 e. The van der Waals surface area contributed by atoms with Gasteiger partial charge in [-0.1, -0.05) is 30.3 Å². The minimum Gasteiger partial charge on any atom is -0.321 e. The molecular formula is C13H18N2OS. The number of nitrogens with zero attached hydrogens (tertiary/aromatic N) is 1. The molecule has 1 aliphatic rings. The standard InChI is InChI=1S/C13H18N2OS/c1-10-13(16)15(8-9-17-2)12(14-10)11-6-4-3-5-7-11/h3-7,10,12,14H,8-9H2,1-2H3. The molecule has 1 fully saturated rings. The van der Waals surface area contributed by atoms with E-state index in [1.54, 1.807) is 11.8 Å². The number of rotatable bonds is 4. The van der Waals surface area contributed by atoms with Crippen molar-refractivity contribution in [1.29, 1.82) is 0 Å². The van der Waals surface area contributed by atoms with Crippen molar-refractivity contribution in [2.45, 2.75) is 19.1 Å². The van der Waals surface area contributed by atoms with Crippen molar-refractivity contribution in [2.24, 2.45) is 0 Å². The van der Waals surface area contributed by atoms with E-state index in [1.807, 2.05) is 30.0 Å². The van der Waals surface area contributed by atoms with Crippen LogP contribution in [0.4, 0.5) is 0 Å². The molecule has 2 unspecified atom stereocenters. The molecule has 0 bridgehead atoms. The van der Waals surface area contributed by atoms with Crippen molar-refractivity contribution in [2.75, 3.05) is 18.6 Å². The van der Waals surface area contributed by atoms with E-state index in [0.29, 0.717) is 0 Å². The number of thioether (sulfide) groups is 1. The van der Waals surface area contributed by atoms with Crippen LogP contribution in [0.1, 0.15) is 18.7 Å². The summed E-state index contributed by atoms with van der Waals surface area (Å²) in [6, 6.07) is 10.1. The van der Waals surface area contributed by atoms with Gasteiger partial charge in [0.2, 0.25) is 5.91 Å². The van der Waals surface area contributed by atoms with Gasteiger partial charge in [-0.3, -0.25) is 10.1 Å². The fourth-order valence-corrected chi connectivity index (χ4v) is 2.49. The summed E-state index contributed by atoms with van der Waals surface area (Å²) >= 11 is 1.77. The quantitative estimate of drug-likeness (QED) is 0.885. The van der Waals surface area contributed by atoms with E-state index in [0.717, 1.165) is 17.9 Å². The third-order valence-corrected chi connectivity index (χ3v) is 3.62. The number of amides is 1. The normalized spacial score (nSPS) is 24.4. The molecule has 1 aromatic rings. The Hall–Kier alpha value is -1.00. The predicted octanol–water partition coefficient (Wildman–Crippen LogP) is 1.87. The Balaban J connectivity index is 2.17. The van der Waals surface area contributed by atoms with Gasteiger partial charge in [0.1, 0.15) is 6.17 Å². The second-order valence-corrected chi connectivity index (χ2v) is 5.21. The topological polar surface area (TPSA) is 32.3 Å². The first kappa shape index (κ1) is 12.5. The summed E-state index contributed by atoms with van der Waals surface area (Å²) in [4.78, 5) is 14.0. The van der Waals surface area contributed by atoms with Crippen LogP contribution in [0, 0.1) is 0 Å². The van der Waals surface area contributed by atoms with E-state index in [1.165, 1.54) is 0 Å². The zero-order valence-corrected chi connectivity index (χ0v) is 11.0. The van der Waals surface area contributed by atoms with E-state index < -0.39 is 0 Å². The molecule has 0 spiro atoms. The fourth-order valence-electron chi connectivity index (χ4n) is 2.11. The molecule has 4 heteroatoms. The molecule has 1 amide bonds. The van der Waals surface area contributed by atoms with Crippen LogP contribution in [-0.4, -0.2) is 35.4 Å². The Morgan fingerprint density at radius 1 is 1.35 bits per heavy atom. The second-order valence-electron chi connectivity index (χ2n) is 4.23. The summed E-state index contributed by atoms with van der Waals surface area (Å²) in [6.07, 6.45) is 2.10. The highest BCUT2D eigenvalue weighted by molar-refractivity contribution is 7.98. The number of hydrogen-bond donors (Lipinski definition) is 1. The van der Waals surface area contributed by atoms with Crippen LogP contribution in [0.2, 0.25) is 0 Å². The molecule has 0 saturated carbocycles. The van der Waals surface area contributed by atoms with Gasteiger partial charge in [-0.25, -0.2) is 0 Å². The van der Waals surface area contributed by atoms with Gasteiger partial charge in [0.25, 0.3) is 0 Å². The number of benzene rings is 1. The monoisotopic (exact) mass is 250 g/mol. The molecule has 3 nitrogen and oxygen atoms in total. The Kier molecular flexibility index (Phi) is 4.07. The summed E-state index contributed by atoms with van der Waals surface area (Å²) in [7, 11) is 0. The van der Waals surface area contributed by atoms with Gasteiger partial charge in [-0.2, -0.15) is 11.8 Å². The van der Waals surface area contributed by atoms with E-state index in [2.05, 4.69) is 23.7 Å². The van der Waals surface area contributed by atoms with Gasteiger partial charge in [0.15, 0.2) is 0 Å².